The number of hydrogen-bond acceptors (Lipinski definition) is 7. The molecule has 2 aromatic heterocycles. The first-order valence-corrected chi connectivity index (χ1v) is 11.3. The highest BCUT2D eigenvalue weighted by Crippen LogP contribution is 2.42. The van der Waals surface area contributed by atoms with Crippen molar-refractivity contribution in [3.63, 3.8) is 0 Å². The largest absolute Gasteiger partial charge is 0.493 e. The lowest BCUT2D eigenvalue weighted by Gasteiger charge is -2.55. The second-order valence-corrected chi connectivity index (χ2v) is 9.24. The van der Waals surface area contributed by atoms with Crippen molar-refractivity contribution in [1.29, 1.82) is 0 Å². The van der Waals surface area contributed by atoms with Crippen molar-refractivity contribution in [2.75, 3.05) is 25.6 Å². The molecule has 1 aromatic carbocycles. The fraction of sp³-hybridized carbons (Fsp3) is 0.435. The number of anilines is 1. The lowest BCUT2D eigenvalue weighted by Crippen LogP contribution is -2.68. The van der Waals surface area contributed by atoms with Gasteiger partial charge in [-0.3, -0.25) is 4.79 Å². The van der Waals surface area contributed by atoms with Crippen LogP contribution in [-0.2, 0) is 11.3 Å². The van der Waals surface area contributed by atoms with Crippen molar-refractivity contribution in [2.24, 2.45) is 0 Å². The van der Waals surface area contributed by atoms with Gasteiger partial charge in [0, 0.05) is 24.3 Å². The van der Waals surface area contributed by atoms with Gasteiger partial charge in [0.15, 0.2) is 11.4 Å². The first-order valence-electron chi connectivity index (χ1n) is 10.9. The summed E-state index contributed by atoms with van der Waals surface area (Å²) in [7, 11) is 1.54. The number of halogens is 1. The molecule has 33 heavy (non-hydrogen) atoms. The maximum atomic E-state index is 13.6. The Bertz CT molecular complexity index is 1190. The molecule has 1 saturated heterocycles. The van der Waals surface area contributed by atoms with Crippen LogP contribution >= 0.6 is 11.6 Å². The van der Waals surface area contributed by atoms with Gasteiger partial charge >= 0.3 is 0 Å². The SMILES string of the molecule is COc1cc(C(=O)N2CC(C)OC[C@]23C[C@@H](O)C3)cn2nc(NCc3cccc(Cl)c3)nc12. The Morgan fingerprint density at radius 3 is 2.94 bits per heavy atom. The summed E-state index contributed by atoms with van der Waals surface area (Å²) >= 11 is 6.06. The number of hydrogen-bond donors (Lipinski definition) is 2. The molecule has 1 amide bonds. The second-order valence-electron chi connectivity index (χ2n) is 8.81. The number of ether oxygens (including phenoxy) is 2. The summed E-state index contributed by atoms with van der Waals surface area (Å²) in [6.07, 6.45) is 2.23. The van der Waals surface area contributed by atoms with E-state index in [9.17, 15) is 9.90 Å². The summed E-state index contributed by atoms with van der Waals surface area (Å²) in [6, 6.07) is 9.23. The number of nitrogens with zero attached hydrogens (tertiary/aromatic N) is 4. The normalized spacial score (nSPS) is 24.7. The van der Waals surface area contributed by atoms with Crippen LogP contribution in [0, 0.1) is 0 Å². The maximum absolute atomic E-state index is 13.6. The molecule has 0 bridgehead atoms. The molecule has 3 aromatic rings. The number of amides is 1. The summed E-state index contributed by atoms with van der Waals surface area (Å²) in [5.41, 5.74) is 1.49. The van der Waals surface area contributed by atoms with Crippen LogP contribution in [0.2, 0.25) is 5.02 Å². The third kappa shape index (κ3) is 4.12. The topological polar surface area (TPSA) is 101 Å². The molecular weight excluding hydrogens is 446 g/mol. The first kappa shape index (κ1) is 21.9. The Balaban J connectivity index is 1.42. The maximum Gasteiger partial charge on any atom is 0.256 e. The van der Waals surface area contributed by atoms with E-state index in [1.165, 1.54) is 7.11 Å². The van der Waals surface area contributed by atoms with Crippen LogP contribution in [0.25, 0.3) is 5.65 Å². The van der Waals surface area contributed by atoms with E-state index in [2.05, 4.69) is 15.4 Å². The van der Waals surface area contributed by atoms with Gasteiger partial charge in [-0.25, -0.2) is 4.52 Å². The number of pyridine rings is 1. The number of carbonyl (C=O) groups excluding carboxylic acids is 1. The predicted molar refractivity (Wildman–Crippen MR) is 123 cm³/mol. The summed E-state index contributed by atoms with van der Waals surface area (Å²) in [4.78, 5) is 19.9. The monoisotopic (exact) mass is 471 g/mol. The highest BCUT2D eigenvalue weighted by Gasteiger charge is 2.53. The minimum absolute atomic E-state index is 0.0726. The van der Waals surface area contributed by atoms with E-state index in [1.54, 1.807) is 16.8 Å². The molecule has 1 aliphatic heterocycles. The highest BCUT2D eigenvalue weighted by molar-refractivity contribution is 6.30. The van der Waals surface area contributed by atoms with E-state index in [1.807, 2.05) is 36.1 Å². The summed E-state index contributed by atoms with van der Waals surface area (Å²) in [5, 5.41) is 18.3. The predicted octanol–water partition coefficient (Wildman–Crippen LogP) is 2.76. The van der Waals surface area contributed by atoms with Crippen LogP contribution in [-0.4, -0.2) is 68.5 Å². The van der Waals surface area contributed by atoms with Crippen molar-refractivity contribution in [3.05, 3.63) is 52.7 Å². The minimum atomic E-state index is -0.461. The van der Waals surface area contributed by atoms with Gasteiger partial charge in [-0.2, -0.15) is 4.98 Å². The third-order valence-electron chi connectivity index (χ3n) is 6.33. The van der Waals surface area contributed by atoms with E-state index < -0.39 is 11.6 Å². The standard InChI is InChI=1S/C23H26ClN5O4/c1-14-11-28(23(13-33-14)8-18(30)9-23)21(31)16-7-19(32-2)20-26-22(27-29(20)12-16)25-10-15-4-3-5-17(24)6-15/h3-7,12,14,18,30H,8-11,13H2,1-2H3,(H,25,27)/t14?,18-,23-. The Kier molecular flexibility index (Phi) is 5.64. The molecule has 174 valence electrons. The molecule has 0 radical (unpaired) electrons. The molecule has 1 aliphatic carbocycles. The van der Waals surface area contributed by atoms with Crippen molar-refractivity contribution >= 4 is 29.1 Å². The van der Waals surface area contributed by atoms with Gasteiger partial charge in [-0.1, -0.05) is 23.7 Å². The summed E-state index contributed by atoms with van der Waals surface area (Å²) in [5.74, 6) is 0.728. The molecule has 3 heterocycles. The molecule has 1 atom stereocenters. The molecule has 9 nitrogen and oxygen atoms in total. The van der Waals surface area contributed by atoms with Gasteiger partial charge < -0.3 is 24.8 Å². The number of methoxy groups -OCH3 is 1. The van der Waals surface area contributed by atoms with E-state index in [0.717, 1.165) is 5.56 Å². The third-order valence-corrected chi connectivity index (χ3v) is 6.57. The smallest absolute Gasteiger partial charge is 0.256 e. The quantitative estimate of drug-likeness (QED) is 0.590. The molecule has 1 saturated carbocycles. The van der Waals surface area contributed by atoms with Gasteiger partial charge in [0.1, 0.15) is 0 Å². The lowest BCUT2D eigenvalue weighted by atomic mass is 9.72. The number of benzene rings is 1. The van der Waals surface area contributed by atoms with Crippen LogP contribution in [0.3, 0.4) is 0 Å². The molecule has 1 spiro atoms. The first-order chi connectivity index (χ1) is 15.9. The van der Waals surface area contributed by atoms with E-state index in [4.69, 9.17) is 21.1 Å². The summed E-state index contributed by atoms with van der Waals surface area (Å²) < 4.78 is 12.9. The van der Waals surface area contributed by atoms with Crippen molar-refractivity contribution < 1.29 is 19.4 Å². The lowest BCUT2D eigenvalue weighted by molar-refractivity contribution is -0.154. The number of carbonyl (C=O) groups is 1. The minimum Gasteiger partial charge on any atom is -0.493 e. The summed E-state index contributed by atoms with van der Waals surface area (Å²) in [6.45, 7) is 3.34. The van der Waals surface area contributed by atoms with Crippen molar-refractivity contribution in [3.8, 4) is 5.75 Å². The zero-order valence-corrected chi connectivity index (χ0v) is 19.2. The van der Waals surface area contributed by atoms with Crippen LogP contribution in [0.15, 0.2) is 36.5 Å². The Morgan fingerprint density at radius 1 is 1.39 bits per heavy atom. The van der Waals surface area contributed by atoms with Gasteiger partial charge in [0.05, 0.1) is 37.0 Å². The van der Waals surface area contributed by atoms with E-state index >= 15 is 0 Å². The van der Waals surface area contributed by atoms with Crippen LogP contribution in [0.1, 0.15) is 35.7 Å². The zero-order valence-electron chi connectivity index (χ0n) is 18.5. The average molecular weight is 472 g/mol. The molecular formula is C23H26ClN5O4. The number of nitrogens with one attached hydrogen (secondary N) is 1. The Morgan fingerprint density at radius 2 is 2.21 bits per heavy atom. The fourth-order valence-corrected chi connectivity index (χ4v) is 4.83. The number of aromatic nitrogens is 3. The number of fused-ring (bicyclic) bond motifs is 1. The molecule has 2 fully saturated rings. The fourth-order valence-electron chi connectivity index (χ4n) is 4.61. The van der Waals surface area contributed by atoms with Gasteiger partial charge in [0.2, 0.25) is 5.95 Å². The van der Waals surface area contributed by atoms with Gasteiger partial charge in [-0.05, 0) is 43.5 Å². The molecule has 2 N–H and O–H groups in total. The van der Waals surface area contributed by atoms with Gasteiger partial charge in [-0.15, -0.1) is 5.10 Å². The molecule has 2 aliphatic rings. The number of aliphatic hydroxyl groups is 1. The van der Waals surface area contributed by atoms with E-state index in [-0.39, 0.29) is 12.0 Å². The molecule has 1 unspecified atom stereocenters. The Hall–Kier alpha value is -2.88. The molecule has 5 rings (SSSR count). The second kappa shape index (κ2) is 8.48. The number of rotatable bonds is 5. The number of aliphatic hydroxyl groups excluding tert-OH is 1. The zero-order chi connectivity index (χ0) is 23.2. The highest BCUT2D eigenvalue weighted by atomic mass is 35.5. The van der Waals surface area contributed by atoms with Crippen LogP contribution < -0.4 is 10.1 Å². The number of morpholine rings is 1. The van der Waals surface area contributed by atoms with Gasteiger partial charge in [0.25, 0.3) is 5.91 Å². The van der Waals surface area contributed by atoms with E-state index in [0.29, 0.717) is 60.5 Å². The van der Waals surface area contributed by atoms with Crippen molar-refractivity contribution in [1.82, 2.24) is 19.5 Å². The Labute approximate surface area is 196 Å². The average Bonchev–Trinajstić information content (AvgIpc) is 3.20. The van der Waals surface area contributed by atoms with Crippen molar-refractivity contribution in [2.45, 2.75) is 44.1 Å². The molecule has 10 heteroatoms. The van der Waals surface area contributed by atoms with Crippen LogP contribution in [0.5, 0.6) is 5.75 Å². The van der Waals surface area contributed by atoms with Crippen LogP contribution in [0.4, 0.5) is 5.95 Å².